The third-order valence-corrected chi connectivity index (χ3v) is 2.43. The van der Waals surface area contributed by atoms with Crippen molar-refractivity contribution in [1.29, 1.82) is 0 Å². The molecule has 1 rings (SSSR count). The first-order valence-corrected chi connectivity index (χ1v) is 5.17. The summed E-state index contributed by atoms with van der Waals surface area (Å²) in [6.45, 7) is 6.33. The molecule has 1 atom stereocenters. The van der Waals surface area contributed by atoms with Gasteiger partial charge in [-0.05, 0) is 40.9 Å². The number of hydrogen-bond donors (Lipinski definition) is 0. The van der Waals surface area contributed by atoms with Crippen LogP contribution in [0, 0.1) is 5.92 Å². The lowest BCUT2D eigenvalue weighted by atomic mass is 10.1. The van der Waals surface area contributed by atoms with Gasteiger partial charge in [-0.3, -0.25) is 0 Å². The van der Waals surface area contributed by atoms with Gasteiger partial charge in [0.2, 0.25) is 0 Å². The van der Waals surface area contributed by atoms with Crippen LogP contribution in [0.3, 0.4) is 0 Å². The fourth-order valence-corrected chi connectivity index (χ4v) is 1.02. The minimum atomic E-state index is 0.225. The number of hydrogen-bond acceptors (Lipinski definition) is 2. The molecule has 13 heavy (non-hydrogen) atoms. The minimum absolute atomic E-state index is 0.225. The number of nitrogens with zero attached hydrogens (tertiary/aromatic N) is 1. The van der Waals surface area contributed by atoms with E-state index in [4.69, 9.17) is 4.74 Å². The summed E-state index contributed by atoms with van der Waals surface area (Å²) in [5, 5.41) is 0. The van der Waals surface area contributed by atoms with Gasteiger partial charge < -0.3 is 4.74 Å². The van der Waals surface area contributed by atoms with E-state index >= 15 is 0 Å². The normalized spacial score (nSPS) is 13.0. The van der Waals surface area contributed by atoms with E-state index in [1.807, 2.05) is 12.1 Å². The van der Waals surface area contributed by atoms with Crippen LogP contribution in [0.4, 0.5) is 0 Å². The summed E-state index contributed by atoms with van der Waals surface area (Å²) >= 11 is 3.27. The molecule has 1 aromatic heterocycles. The molecule has 0 spiro atoms. The largest absolute Gasteiger partial charge is 0.489 e. The lowest BCUT2D eigenvalue weighted by molar-refractivity contribution is 0.170. The molecular formula is C10H14BrNO. The van der Waals surface area contributed by atoms with Crippen molar-refractivity contribution in [2.45, 2.75) is 26.9 Å². The molecular weight excluding hydrogens is 230 g/mol. The van der Waals surface area contributed by atoms with Gasteiger partial charge in [0.25, 0.3) is 0 Å². The Kier molecular flexibility index (Phi) is 3.72. The Balaban J connectivity index is 2.59. The van der Waals surface area contributed by atoms with Gasteiger partial charge in [0.15, 0.2) is 0 Å². The van der Waals surface area contributed by atoms with Gasteiger partial charge in [0.05, 0.1) is 12.3 Å². The van der Waals surface area contributed by atoms with Gasteiger partial charge >= 0.3 is 0 Å². The smallest absolute Gasteiger partial charge is 0.138 e. The molecule has 2 nitrogen and oxygen atoms in total. The van der Waals surface area contributed by atoms with Gasteiger partial charge in [-0.1, -0.05) is 13.8 Å². The first kappa shape index (κ1) is 10.5. The number of ether oxygens (including phenoxy) is 1. The maximum atomic E-state index is 5.65. The molecule has 0 amide bonds. The van der Waals surface area contributed by atoms with Crippen molar-refractivity contribution in [1.82, 2.24) is 4.98 Å². The molecule has 1 aromatic rings. The summed E-state index contributed by atoms with van der Waals surface area (Å²) in [4.78, 5) is 4.08. The molecule has 0 radical (unpaired) electrons. The van der Waals surface area contributed by atoms with Gasteiger partial charge in [-0.25, -0.2) is 4.98 Å². The highest BCUT2D eigenvalue weighted by Crippen LogP contribution is 2.16. The molecule has 1 unspecified atom stereocenters. The van der Waals surface area contributed by atoms with Crippen molar-refractivity contribution in [3.63, 3.8) is 0 Å². The van der Waals surface area contributed by atoms with Crippen molar-refractivity contribution in [2.75, 3.05) is 0 Å². The first-order valence-electron chi connectivity index (χ1n) is 4.38. The quantitative estimate of drug-likeness (QED) is 0.761. The Bertz CT molecular complexity index is 258. The van der Waals surface area contributed by atoms with Crippen LogP contribution in [0.1, 0.15) is 20.8 Å². The Labute approximate surface area is 87.5 Å². The highest BCUT2D eigenvalue weighted by Gasteiger charge is 2.08. The predicted molar refractivity (Wildman–Crippen MR) is 56.9 cm³/mol. The van der Waals surface area contributed by atoms with E-state index in [9.17, 15) is 0 Å². The maximum Gasteiger partial charge on any atom is 0.138 e. The SMILES string of the molecule is CC(C)C(C)Oc1ccc(Br)nc1. The second-order valence-corrected chi connectivity index (χ2v) is 4.20. The van der Waals surface area contributed by atoms with Crippen molar-refractivity contribution in [2.24, 2.45) is 5.92 Å². The summed E-state index contributed by atoms with van der Waals surface area (Å²) in [5.41, 5.74) is 0. The summed E-state index contributed by atoms with van der Waals surface area (Å²) in [6, 6.07) is 3.79. The molecule has 0 aliphatic carbocycles. The van der Waals surface area contributed by atoms with Gasteiger partial charge in [0, 0.05) is 0 Å². The Morgan fingerprint density at radius 2 is 2.00 bits per heavy atom. The summed E-state index contributed by atoms with van der Waals surface area (Å²) < 4.78 is 6.48. The third-order valence-electron chi connectivity index (χ3n) is 1.96. The van der Waals surface area contributed by atoms with Gasteiger partial charge in [-0.15, -0.1) is 0 Å². The summed E-state index contributed by atoms with van der Waals surface area (Å²) in [6.07, 6.45) is 1.95. The lowest BCUT2D eigenvalue weighted by Crippen LogP contribution is -2.18. The molecule has 0 aliphatic rings. The second-order valence-electron chi connectivity index (χ2n) is 3.38. The average molecular weight is 244 g/mol. The average Bonchev–Trinajstić information content (AvgIpc) is 2.08. The van der Waals surface area contributed by atoms with Crippen LogP contribution < -0.4 is 4.74 Å². The number of pyridine rings is 1. The standard InChI is InChI=1S/C10H14BrNO/c1-7(2)8(3)13-9-4-5-10(11)12-6-9/h4-8H,1-3H3. The summed E-state index contributed by atoms with van der Waals surface area (Å²) in [7, 11) is 0. The number of halogens is 1. The summed E-state index contributed by atoms with van der Waals surface area (Å²) in [5.74, 6) is 1.34. The van der Waals surface area contributed by atoms with Gasteiger partial charge in [0.1, 0.15) is 10.4 Å². The lowest BCUT2D eigenvalue weighted by Gasteiger charge is -2.17. The third kappa shape index (κ3) is 3.35. The van der Waals surface area contributed by atoms with Crippen molar-refractivity contribution >= 4 is 15.9 Å². The zero-order chi connectivity index (χ0) is 9.84. The van der Waals surface area contributed by atoms with Crippen LogP contribution >= 0.6 is 15.9 Å². The number of rotatable bonds is 3. The molecule has 0 bridgehead atoms. The van der Waals surface area contributed by atoms with Crippen LogP contribution in [0.5, 0.6) is 5.75 Å². The van der Waals surface area contributed by atoms with E-state index in [2.05, 4.69) is 41.7 Å². The zero-order valence-electron chi connectivity index (χ0n) is 8.12. The molecule has 72 valence electrons. The number of aromatic nitrogens is 1. The predicted octanol–water partition coefficient (Wildman–Crippen LogP) is 3.27. The Hall–Kier alpha value is -0.570. The maximum absolute atomic E-state index is 5.65. The van der Waals surface area contributed by atoms with E-state index in [1.165, 1.54) is 0 Å². The highest BCUT2D eigenvalue weighted by molar-refractivity contribution is 9.10. The van der Waals surface area contributed by atoms with E-state index < -0.39 is 0 Å². The molecule has 0 saturated carbocycles. The van der Waals surface area contributed by atoms with E-state index in [-0.39, 0.29) is 6.10 Å². The van der Waals surface area contributed by atoms with E-state index in [1.54, 1.807) is 6.20 Å². The monoisotopic (exact) mass is 243 g/mol. The van der Waals surface area contributed by atoms with Crippen LogP contribution in [0.25, 0.3) is 0 Å². The van der Waals surface area contributed by atoms with Gasteiger partial charge in [-0.2, -0.15) is 0 Å². The molecule has 0 N–H and O–H groups in total. The molecule has 1 heterocycles. The van der Waals surface area contributed by atoms with Crippen molar-refractivity contribution in [3.8, 4) is 5.75 Å². The molecule has 0 aliphatic heterocycles. The van der Waals surface area contributed by atoms with Crippen molar-refractivity contribution < 1.29 is 4.74 Å². The topological polar surface area (TPSA) is 22.1 Å². The van der Waals surface area contributed by atoms with Crippen LogP contribution in [0.15, 0.2) is 22.9 Å². The fraction of sp³-hybridized carbons (Fsp3) is 0.500. The van der Waals surface area contributed by atoms with Crippen LogP contribution in [0.2, 0.25) is 0 Å². The second kappa shape index (κ2) is 4.61. The van der Waals surface area contributed by atoms with Crippen LogP contribution in [-0.2, 0) is 0 Å². The first-order chi connectivity index (χ1) is 6.09. The Morgan fingerprint density at radius 1 is 1.31 bits per heavy atom. The molecule has 3 heteroatoms. The van der Waals surface area contributed by atoms with Crippen molar-refractivity contribution in [3.05, 3.63) is 22.9 Å². The molecule has 0 fully saturated rings. The van der Waals surface area contributed by atoms with E-state index in [0.29, 0.717) is 5.92 Å². The Morgan fingerprint density at radius 3 is 2.46 bits per heavy atom. The highest BCUT2D eigenvalue weighted by atomic mass is 79.9. The van der Waals surface area contributed by atoms with Crippen LogP contribution in [-0.4, -0.2) is 11.1 Å². The molecule has 0 aromatic carbocycles. The molecule has 0 saturated heterocycles. The minimum Gasteiger partial charge on any atom is -0.489 e. The fourth-order valence-electron chi connectivity index (χ4n) is 0.783. The van der Waals surface area contributed by atoms with E-state index in [0.717, 1.165) is 10.4 Å². The zero-order valence-corrected chi connectivity index (χ0v) is 9.71.